The Kier molecular flexibility index (Phi) is 7.11. The first-order valence-corrected chi connectivity index (χ1v) is 9.90. The fourth-order valence-electron chi connectivity index (χ4n) is 2.95. The van der Waals surface area contributed by atoms with Crippen molar-refractivity contribution in [1.29, 1.82) is 0 Å². The summed E-state index contributed by atoms with van der Waals surface area (Å²) >= 11 is 0. The van der Waals surface area contributed by atoms with Crippen molar-refractivity contribution in [1.82, 2.24) is 10.6 Å². The Bertz CT molecular complexity index is 941. The number of amides is 2. The van der Waals surface area contributed by atoms with Crippen LogP contribution in [0.25, 0.3) is 0 Å². The van der Waals surface area contributed by atoms with Crippen LogP contribution in [-0.2, 0) is 9.59 Å². The topological polar surface area (TPSA) is 70.6 Å². The molecule has 3 aromatic carbocycles. The summed E-state index contributed by atoms with van der Waals surface area (Å²) in [6, 6.07) is 28.1. The lowest BCUT2D eigenvalue weighted by molar-refractivity contribution is -0.121. The predicted octanol–water partition coefficient (Wildman–Crippen LogP) is 4.51. The summed E-state index contributed by atoms with van der Waals surface area (Å²) in [6.07, 6.45) is 0. The van der Waals surface area contributed by atoms with Crippen LogP contribution in [0.4, 0.5) is 5.69 Å². The zero-order chi connectivity index (χ0) is 21.3. The summed E-state index contributed by atoms with van der Waals surface area (Å²) in [4.78, 5) is 30.1. The number of para-hydroxylation sites is 1. The lowest BCUT2D eigenvalue weighted by Gasteiger charge is -2.17. The molecule has 0 aliphatic carbocycles. The first kappa shape index (κ1) is 21.0. The molecular weight excluding hydrogens is 374 g/mol. The van der Waals surface area contributed by atoms with Gasteiger partial charge in [0.2, 0.25) is 17.8 Å². The second-order valence-corrected chi connectivity index (χ2v) is 7.04. The van der Waals surface area contributed by atoms with E-state index in [9.17, 15) is 9.59 Å². The SMILES string of the molecule is CC(C(=O)NC(=Nc1ccccc1)NC(=O)C(C)c1ccccc1)c1ccccc1. The highest BCUT2D eigenvalue weighted by Gasteiger charge is 2.21. The van der Waals surface area contributed by atoms with Crippen LogP contribution in [0.1, 0.15) is 36.8 Å². The van der Waals surface area contributed by atoms with E-state index in [-0.39, 0.29) is 17.8 Å². The predicted molar refractivity (Wildman–Crippen MR) is 120 cm³/mol. The van der Waals surface area contributed by atoms with Crippen molar-refractivity contribution in [3.63, 3.8) is 0 Å². The third kappa shape index (κ3) is 5.64. The first-order valence-electron chi connectivity index (χ1n) is 9.90. The average Bonchev–Trinajstić information content (AvgIpc) is 2.79. The summed E-state index contributed by atoms with van der Waals surface area (Å²) < 4.78 is 0. The minimum atomic E-state index is -0.393. The van der Waals surface area contributed by atoms with Crippen LogP contribution in [0, 0.1) is 0 Å². The second kappa shape index (κ2) is 10.2. The second-order valence-electron chi connectivity index (χ2n) is 7.04. The molecule has 0 radical (unpaired) electrons. The highest BCUT2D eigenvalue weighted by Crippen LogP contribution is 2.17. The first-order chi connectivity index (χ1) is 14.5. The molecule has 2 unspecified atom stereocenters. The summed E-state index contributed by atoms with van der Waals surface area (Å²) in [5.41, 5.74) is 2.41. The van der Waals surface area contributed by atoms with Crippen LogP contribution in [0.5, 0.6) is 0 Å². The number of nitrogens with one attached hydrogen (secondary N) is 2. The van der Waals surface area contributed by atoms with Gasteiger partial charge in [0.1, 0.15) is 0 Å². The molecule has 3 rings (SSSR count). The van der Waals surface area contributed by atoms with E-state index in [0.717, 1.165) is 11.1 Å². The molecule has 2 atom stereocenters. The number of benzene rings is 3. The van der Waals surface area contributed by atoms with Crippen molar-refractivity contribution in [2.75, 3.05) is 0 Å². The van der Waals surface area contributed by atoms with Crippen LogP contribution in [0.3, 0.4) is 0 Å². The Morgan fingerprint density at radius 2 is 1.00 bits per heavy atom. The van der Waals surface area contributed by atoms with Crippen molar-refractivity contribution in [3.05, 3.63) is 102 Å². The van der Waals surface area contributed by atoms with Gasteiger partial charge in [0.25, 0.3) is 0 Å². The van der Waals surface area contributed by atoms with Crippen molar-refractivity contribution in [2.45, 2.75) is 25.7 Å². The number of hydrogen-bond acceptors (Lipinski definition) is 3. The van der Waals surface area contributed by atoms with Crippen LogP contribution < -0.4 is 10.6 Å². The molecule has 5 nitrogen and oxygen atoms in total. The molecule has 0 spiro atoms. The maximum atomic E-state index is 12.8. The Labute approximate surface area is 176 Å². The summed E-state index contributed by atoms with van der Waals surface area (Å²) in [5, 5.41) is 5.56. The number of nitrogens with zero attached hydrogens (tertiary/aromatic N) is 1. The zero-order valence-electron chi connectivity index (χ0n) is 17.1. The van der Waals surface area contributed by atoms with Gasteiger partial charge in [0, 0.05) is 0 Å². The van der Waals surface area contributed by atoms with Crippen LogP contribution in [0.15, 0.2) is 96.0 Å². The molecule has 0 aromatic heterocycles. The average molecular weight is 399 g/mol. The van der Waals surface area contributed by atoms with Crippen LogP contribution in [0.2, 0.25) is 0 Å². The van der Waals surface area contributed by atoms with Gasteiger partial charge in [-0.2, -0.15) is 0 Å². The minimum Gasteiger partial charge on any atom is -0.296 e. The van der Waals surface area contributed by atoms with Crippen molar-refractivity contribution >= 4 is 23.5 Å². The Hall–Kier alpha value is -3.73. The molecule has 2 amide bonds. The van der Waals surface area contributed by atoms with Gasteiger partial charge in [-0.3, -0.25) is 20.2 Å². The number of carbonyl (C=O) groups is 2. The third-order valence-electron chi connectivity index (χ3n) is 4.87. The highest BCUT2D eigenvalue weighted by molar-refractivity contribution is 6.07. The summed E-state index contributed by atoms with van der Waals surface area (Å²) in [6.45, 7) is 3.64. The van der Waals surface area contributed by atoms with E-state index in [4.69, 9.17) is 0 Å². The monoisotopic (exact) mass is 399 g/mol. The normalized spacial score (nSPS) is 12.3. The van der Waals surface area contributed by atoms with Gasteiger partial charge in [-0.05, 0) is 37.1 Å². The molecule has 0 saturated heterocycles. The molecule has 0 aliphatic heterocycles. The molecule has 152 valence electrons. The van der Waals surface area contributed by atoms with E-state index in [1.165, 1.54) is 0 Å². The number of rotatable bonds is 5. The molecule has 0 saturated carbocycles. The van der Waals surface area contributed by atoms with Gasteiger partial charge >= 0.3 is 0 Å². The Balaban J connectivity index is 1.79. The standard InChI is InChI=1S/C25H25N3O2/c1-18(20-12-6-3-7-13-20)23(29)27-25(26-22-16-10-5-11-17-22)28-24(30)19(2)21-14-8-4-9-15-21/h3-19H,1-2H3,(H2,26,27,28,29,30). The van der Waals surface area contributed by atoms with Gasteiger partial charge in [0.05, 0.1) is 17.5 Å². The summed E-state index contributed by atoms with van der Waals surface area (Å²) in [7, 11) is 0. The number of guanidine groups is 1. The molecule has 0 heterocycles. The molecule has 0 fully saturated rings. The van der Waals surface area contributed by atoms with Crippen LogP contribution in [-0.4, -0.2) is 17.8 Å². The highest BCUT2D eigenvalue weighted by atomic mass is 16.2. The van der Waals surface area contributed by atoms with E-state index in [0.29, 0.717) is 5.69 Å². The van der Waals surface area contributed by atoms with Gasteiger partial charge in [0.15, 0.2) is 0 Å². The Morgan fingerprint density at radius 1 is 0.633 bits per heavy atom. The van der Waals surface area contributed by atoms with E-state index in [1.807, 2.05) is 92.7 Å². The molecular formula is C25H25N3O2. The van der Waals surface area contributed by atoms with Gasteiger partial charge < -0.3 is 0 Å². The van der Waals surface area contributed by atoms with Crippen molar-refractivity contribution in [2.24, 2.45) is 4.99 Å². The maximum absolute atomic E-state index is 12.8. The fraction of sp³-hybridized carbons (Fsp3) is 0.160. The molecule has 30 heavy (non-hydrogen) atoms. The van der Waals surface area contributed by atoms with E-state index < -0.39 is 11.8 Å². The van der Waals surface area contributed by atoms with Crippen LogP contribution >= 0.6 is 0 Å². The molecule has 2 N–H and O–H groups in total. The summed E-state index contributed by atoms with van der Waals surface area (Å²) in [5.74, 6) is -1.17. The molecule has 5 heteroatoms. The smallest absolute Gasteiger partial charge is 0.233 e. The van der Waals surface area contributed by atoms with E-state index in [1.54, 1.807) is 12.1 Å². The Morgan fingerprint density at radius 3 is 1.40 bits per heavy atom. The molecule has 3 aromatic rings. The lowest BCUT2D eigenvalue weighted by atomic mass is 10.0. The molecule has 0 aliphatic rings. The zero-order valence-corrected chi connectivity index (χ0v) is 17.1. The van der Waals surface area contributed by atoms with Gasteiger partial charge in [-0.15, -0.1) is 0 Å². The third-order valence-corrected chi connectivity index (χ3v) is 4.87. The largest absolute Gasteiger partial charge is 0.296 e. The molecule has 0 bridgehead atoms. The van der Waals surface area contributed by atoms with Gasteiger partial charge in [-0.1, -0.05) is 78.9 Å². The number of aliphatic imine (C=N–C) groups is 1. The number of carbonyl (C=O) groups excluding carboxylic acids is 2. The lowest BCUT2D eigenvalue weighted by Crippen LogP contribution is -2.46. The van der Waals surface area contributed by atoms with E-state index >= 15 is 0 Å². The number of hydrogen-bond donors (Lipinski definition) is 2. The minimum absolute atomic E-state index is 0.113. The van der Waals surface area contributed by atoms with Gasteiger partial charge in [-0.25, -0.2) is 4.99 Å². The fourth-order valence-corrected chi connectivity index (χ4v) is 2.95. The van der Waals surface area contributed by atoms with E-state index in [2.05, 4.69) is 15.6 Å². The maximum Gasteiger partial charge on any atom is 0.233 e. The quantitative estimate of drug-likeness (QED) is 0.489. The van der Waals surface area contributed by atoms with Crippen molar-refractivity contribution in [3.8, 4) is 0 Å². The van der Waals surface area contributed by atoms with Crippen molar-refractivity contribution < 1.29 is 9.59 Å².